The molecule has 3 amide bonds. The lowest BCUT2D eigenvalue weighted by atomic mass is 10.00. The molecule has 1 aromatic heterocycles. The van der Waals surface area contributed by atoms with Crippen molar-refractivity contribution < 1.29 is 19.1 Å². The molecule has 11 heteroatoms. The van der Waals surface area contributed by atoms with E-state index >= 15 is 0 Å². The highest BCUT2D eigenvalue weighted by Gasteiger charge is 2.35. The first-order valence-corrected chi connectivity index (χ1v) is 12.8. The number of ether oxygens (including phenoxy) is 1. The van der Waals surface area contributed by atoms with Gasteiger partial charge in [-0.3, -0.25) is 19.3 Å². The van der Waals surface area contributed by atoms with Gasteiger partial charge in [-0.05, 0) is 51.2 Å². The predicted molar refractivity (Wildman–Crippen MR) is 140 cm³/mol. The van der Waals surface area contributed by atoms with Crippen molar-refractivity contribution in [2.75, 3.05) is 45.1 Å². The highest BCUT2D eigenvalue weighted by atomic mass is 32.1. The fraction of sp³-hybridized carbons (Fsp3) is 0.520. The Bertz CT molecular complexity index is 1070. The van der Waals surface area contributed by atoms with E-state index in [1.54, 1.807) is 0 Å². The molecule has 0 aliphatic carbocycles. The molecule has 0 spiro atoms. The summed E-state index contributed by atoms with van der Waals surface area (Å²) >= 11 is 0.817. The maximum atomic E-state index is 13.9. The third-order valence-corrected chi connectivity index (χ3v) is 6.70. The number of nitrogens with two attached hydrogens (primary N) is 2. The normalized spacial score (nSPS) is 15.3. The smallest absolute Gasteiger partial charge is 0.270 e. The first kappa shape index (κ1) is 27.6. The molecule has 0 bridgehead atoms. The van der Waals surface area contributed by atoms with E-state index in [9.17, 15) is 14.4 Å². The summed E-state index contributed by atoms with van der Waals surface area (Å²) in [6, 6.07) is 6.63. The molecule has 1 fully saturated rings. The van der Waals surface area contributed by atoms with Crippen LogP contribution >= 0.6 is 11.5 Å². The Labute approximate surface area is 216 Å². The molecule has 1 aliphatic rings. The summed E-state index contributed by atoms with van der Waals surface area (Å²) in [5.74, 6) is -1.57. The number of rotatable bonds is 9. The van der Waals surface area contributed by atoms with Crippen molar-refractivity contribution in [2.24, 2.45) is 5.73 Å². The molecule has 196 valence electrons. The van der Waals surface area contributed by atoms with E-state index < -0.39 is 23.4 Å². The van der Waals surface area contributed by atoms with Crippen molar-refractivity contribution in [2.45, 2.75) is 45.7 Å². The second-order valence-electron chi connectivity index (χ2n) is 10.00. The maximum Gasteiger partial charge on any atom is 0.270 e. The maximum absolute atomic E-state index is 13.9. The molecule has 1 aliphatic heterocycles. The fourth-order valence-electron chi connectivity index (χ4n) is 4.06. The Morgan fingerprint density at radius 1 is 1.19 bits per heavy atom. The van der Waals surface area contributed by atoms with Gasteiger partial charge >= 0.3 is 0 Å². The Balaban J connectivity index is 1.98. The number of benzene rings is 1. The van der Waals surface area contributed by atoms with Gasteiger partial charge in [0.05, 0.1) is 18.9 Å². The largest absolute Gasteiger partial charge is 0.395 e. The third kappa shape index (κ3) is 7.02. The highest BCUT2D eigenvalue weighted by molar-refractivity contribution is 7.09. The number of nitrogens with zero attached hydrogens (tertiary/aromatic N) is 3. The number of nitrogens with one attached hydrogen (secondary N) is 1. The lowest BCUT2D eigenvalue weighted by Gasteiger charge is -2.34. The number of hydrogen-bond donors (Lipinski definition) is 3. The second kappa shape index (κ2) is 11.8. The number of carbonyl (C=O) groups is 3. The Morgan fingerprint density at radius 2 is 1.83 bits per heavy atom. The molecular formula is C25H36N6O4S. The van der Waals surface area contributed by atoms with Crippen LogP contribution in [0.4, 0.5) is 5.69 Å². The van der Waals surface area contributed by atoms with E-state index in [4.69, 9.17) is 16.2 Å². The summed E-state index contributed by atoms with van der Waals surface area (Å²) in [5.41, 5.74) is 12.5. The van der Waals surface area contributed by atoms with Crippen LogP contribution in [-0.2, 0) is 9.53 Å². The summed E-state index contributed by atoms with van der Waals surface area (Å²) < 4.78 is 9.42. The van der Waals surface area contributed by atoms with Crippen LogP contribution in [0.1, 0.15) is 64.5 Å². The van der Waals surface area contributed by atoms with Crippen molar-refractivity contribution in [3.8, 4) is 0 Å². The molecule has 1 saturated heterocycles. The van der Waals surface area contributed by atoms with Crippen LogP contribution in [0.3, 0.4) is 0 Å². The zero-order chi connectivity index (χ0) is 26.5. The van der Waals surface area contributed by atoms with Gasteiger partial charge in [0.2, 0.25) is 5.91 Å². The molecule has 2 heterocycles. The Morgan fingerprint density at radius 3 is 2.39 bits per heavy atom. The van der Waals surface area contributed by atoms with Crippen LogP contribution in [0.5, 0.6) is 0 Å². The van der Waals surface area contributed by atoms with Crippen molar-refractivity contribution in [3.05, 3.63) is 46.0 Å². The van der Waals surface area contributed by atoms with E-state index in [-0.39, 0.29) is 22.2 Å². The zero-order valence-electron chi connectivity index (χ0n) is 21.4. The lowest BCUT2D eigenvalue weighted by Crippen LogP contribution is -2.50. The molecule has 10 nitrogen and oxygen atoms in total. The molecule has 3 rings (SSSR count). The summed E-state index contributed by atoms with van der Waals surface area (Å²) in [6.45, 7) is 11.7. The number of aromatic nitrogens is 1. The van der Waals surface area contributed by atoms with Crippen LogP contribution < -0.4 is 16.8 Å². The van der Waals surface area contributed by atoms with E-state index in [0.29, 0.717) is 31.7 Å². The van der Waals surface area contributed by atoms with Crippen LogP contribution in [0, 0.1) is 6.92 Å². The van der Waals surface area contributed by atoms with Gasteiger partial charge in [-0.15, -0.1) is 0 Å². The summed E-state index contributed by atoms with van der Waals surface area (Å²) in [7, 11) is 0. The monoisotopic (exact) mass is 516 g/mol. The molecular weight excluding hydrogens is 480 g/mol. The Kier molecular flexibility index (Phi) is 9.04. The number of anilines is 1. The van der Waals surface area contributed by atoms with Crippen LogP contribution in [0.25, 0.3) is 0 Å². The minimum absolute atomic E-state index is 0.0606. The summed E-state index contributed by atoms with van der Waals surface area (Å²) in [5, 5.41) is 3.02. The van der Waals surface area contributed by atoms with Gasteiger partial charge in [0.25, 0.3) is 11.8 Å². The third-order valence-electron chi connectivity index (χ3n) is 5.84. The quantitative estimate of drug-likeness (QED) is 0.462. The molecule has 36 heavy (non-hydrogen) atoms. The van der Waals surface area contributed by atoms with Gasteiger partial charge in [-0.2, -0.15) is 4.37 Å². The topological polar surface area (TPSA) is 144 Å². The Hall–Kier alpha value is -3.02. The number of morpholine rings is 1. The number of amides is 3. The number of hydrogen-bond acceptors (Lipinski definition) is 8. The first-order chi connectivity index (χ1) is 17.0. The standard InChI is InChI=1S/C25H36N6O4S/c1-16-6-8-17(9-7-16)20(23(33)28-25(2,3)4)31(11-5-10-30-12-14-35-15-13-30)24(34)21-18(26)19(22(27)32)29-36-21/h6-9,20H,5,10-15,26H2,1-4H3,(H2,27,32)(H,28,33). The summed E-state index contributed by atoms with van der Waals surface area (Å²) in [6.07, 6.45) is 0.637. The van der Waals surface area contributed by atoms with Gasteiger partial charge in [0.15, 0.2) is 5.69 Å². The van der Waals surface area contributed by atoms with Crippen molar-refractivity contribution in [3.63, 3.8) is 0 Å². The van der Waals surface area contributed by atoms with Crippen molar-refractivity contribution >= 4 is 34.9 Å². The van der Waals surface area contributed by atoms with Gasteiger partial charge in [-0.1, -0.05) is 29.8 Å². The first-order valence-electron chi connectivity index (χ1n) is 12.0. The number of nitrogen functional groups attached to an aromatic ring is 1. The van der Waals surface area contributed by atoms with Crippen molar-refractivity contribution in [1.82, 2.24) is 19.5 Å². The van der Waals surface area contributed by atoms with Crippen LogP contribution in [0.15, 0.2) is 24.3 Å². The van der Waals surface area contributed by atoms with E-state index in [1.807, 2.05) is 52.0 Å². The minimum Gasteiger partial charge on any atom is -0.395 e. The fourth-order valence-corrected chi connectivity index (χ4v) is 4.82. The van der Waals surface area contributed by atoms with Gasteiger partial charge in [-0.25, -0.2) is 0 Å². The van der Waals surface area contributed by atoms with Gasteiger partial charge in [0.1, 0.15) is 10.9 Å². The van der Waals surface area contributed by atoms with E-state index in [2.05, 4.69) is 14.6 Å². The number of primary amides is 1. The van der Waals surface area contributed by atoms with Crippen molar-refractivity contribution in [1.29, 1.82) is 0 Å². The molecule has 1 atom stereocenters. The van der Waals surface area contributed by atoms with Crippen LogP contribution in [0.2, 0.25) is 0 Å². The van der Waals surface area contributed by atoms with E-state index in [0.717, 1.165) is 36.7 Å². The summed E-state index contributed by atoms with van der Waals surface area (Å²) in [4.78, 5) is 43.1. The van der Waals surface area contributed by atoms with Crippen LogP contribution in [-0.4, -0.2) is 76.8 Å². The number of aryl methyl sites for hydroxylation is 1. The lowest BCUT2D eigenvalue weighted by molar-refractivity contribution is -0.127. The average Bonchev–Trinajstić information content (AvgIpc) is 3.20. The SMILES string of the molecule is Cc1ccc(C(C(=O)NC(C)(C)C)N(CCCN2CCOCC2)C(=O)c2snc(C(N)=O)c2N)cc1. The molecule has 2 aromatic rings. The average molecular weight is 517 g/mol. The van der Waals surface area contributed by atoms with Gasteiger partial charge in [0, 0.05) is 31.7 Å². The molecule has 5 N–H and O–H groups in total. The molecule has 1 unspecified atom stereocenters. The predicted octanol–water partition coefficient (Wildman–Crippen LogP) is 1.95. The van der Waals surface area contributed by atoms with Gasteiger partial charge < -0.3 is 26.4 Å². The van der Waals surface area contributed by atoms with E-state index in [1.165, 1.54) is 4.90 Å². The molecule has 1 aromatic carbocycles. The second-order valence-corrected chi connectivity index (χ2v) is 10.8. The zero-order valence-corrected chi connectivity index (χ0v) is 22.2. The minimum atomic E-state index is -0.902. The molecule has 0 saturated carbocycles. The number of carbonyl (C=O) groups excluding carboxylic acids is 3. The highest BCUT2D eigenvalue weighted by Crippen LogP contribution is 2.29. The molecule has 0 radical (unpaired) electrons.